The van der Waals surface area contributed by atoms with E-state index < -0.39 is 0 Å². The lowest BCUT2D eigenvalue weighted by Gasteiger charge is -2.15. The van der Waals surface area contributed by atoms with E-state index in [0.717, 1.165) is 36.4 Å². The number of hydrogen-bond acceptors (Lipinski definition) is 6. The van der Waals surface area contributed by atoms with Crippen LogP contribution in [0.15, 0.2) is 41.4 Å². The van der Waals surface area contributed by atoms with E-state index in [1.807, 2.05) is 43.3 Å². The Morgan fingerprint density at radius 1 is 0.844 bits per heavy atom. The molecule has 0 aromatic heterocycles. The highest BCUT2D eigenvalue weighted by Gasteiger charge is 2.13. The molecule has 0 unspecified atom stereocenters. The Labute approximate surface area is 190 Å². The summed E-state index contributed by atoms with van der Waals surface area (Å²) in [6.07, 6.45) is 0.890. The molecule has 0 aliphatic rings. The van der Waals surface area contributed by atoms with Crippen molar-refractivity contribution in [1.82, 2.24) is 10.6 Å². The zero-order valence-electron chi connectivity index (χ0n) is 19.7. The fourth-order valence-electron chi connectivity index (χ4n) is 3.03. The Balaban J connectivity index is 2.10. The third kappa shape index (κ3) is 7.85. The quantitative estimate of drug-likeness (QED) is 0.278. The van der Waals surface area contributed by atoms with Crippen LogP contribution >= 0.6 is 0 Å². The highest BCUT2D eigenvalue weighted by atomic mass is 16.5. The van der Waals surface area contributed by atoms with Crippen molar-refractivity contribution in [2.75, 3.05) is 48.2 Å². The molecule has 0 saturated carbocycles. The van der Waals surface area contributed by atoms with Gasteiger partial charge in [-0.1, -0.05) is 12.1 Å². The van der Waals surface area contributed by atoms with E-state index >= 15 is 0 Å². The van der Waals surface area contributed by atoms with Gasteiger partial charge in [0.15, 0.2) is 17.5 Å². The second kappa shape index (κ2) is 14.0. The average Bonchev–Trinajstić information content (AvgIpc) is 2.84. The molecule has 8 nitrogen and oxygen atoms in total. The van der Waals surface area contributed by atoms with Crippen molar-refractivity contribution in [2.45, 2.75) is 26.4 Å². The largest absolute Gasteiger partial charge is 0.497 e. The van der Waals surface area contributed by atoms with Crippen LogP contribution in [0.5, 0.6) is 23.0 Å². The fraction of sp³-hybridized carbons (Fsp3) is 0.458. The Hall–Kier alpha value is -3.13. The number of nitrogens with zero attached hydrogens (tertiary/aromatic N) is 1. The number of methoxy groups -OCH3 is 4. The molecule has 0 saturated heterocycles. The summed E-state index contributed by atoms with van der Waals surface area (Å²) in [5, 5.41) is 6.75. The lowest BCUT2D eigenvalue weighted by molar-refractivity contribution is 0.145. The molecule has 0 atom stereocenters. The summed E-state index contributed by atoms with van der Waals surface area (Å²) in [5.41, 5.74) is 2.07. The van der Waals surface area contributed by atoms with Crippen molar-refractivity contribution in [3.05, 3.63) is 47.5 Å². The Bertz CT molecular complexity index is 815. The monoisotopic (exact) mass is 445 g/mol. The van der Waals surface area contributed by atoms with Crippen LogP contribution in [-0.4, -0.2) is 54.2 Å². The van der Waals surface area contributed by atoms with Gasteiger partial charge in [-0.15, -0.1) is 0 Å². The summed E-state index contributed by atoms with van der Waals surface area (Å²) in [6.45, 7) is 5.26. The molecule has 0 fully saturated rings. The van der Waals surface area contributed by atoms with Crippen molar-refractivity contribution in [3.8, 4) is 23.0 Å². The van der Waals surface area contributed by atoms with Crippen LogP contribution in [0, 0.1) is 0 Å². The molecule has 0 aliphatic heterocycles. The summed E-state index contributed by atoms with van der Waals surface area (Å²) < 4.78 is 26.9. The molecule has 2 aromatic carbocycles. The lowest BCUT2D eigenvalue weighted by atomic mass is 10.2. The van der Waals surface area contributed by atoms with E-state index in [1.165, 1.54) is 0 Å². The van der Waals surface area contributed by atoms with E-state index in [9.17, 15) is 0 Å². The van der Waals surface area contributed by atoms with Crippen molar-refractivity contribution in [3.63, 3.8) is 0 Å². The lowest BCUT2D eigenvalue weighted by Crippen LogP contribution is -2.37. The maximum absolute atomic E-state index is 5.44. The fourth-order valence-corrected chi connectivity index (χ4v) is 3.03. The minimum absolute atomic E-state index is 0.445. The second-order valence-electron chi connectivity index (χ2n) is 6.88. The predicted molar refractivity (Wildman–Crippen MR) is 126 cm³/mol. The standard InChI is InChI=1S/C24H35N3O5/c1-6-32-13-7-12-25-24(26-16-18-8-10-20(28-2)11-9-18)27-17-19-14-21(29-3)23(31-5)22(15-19)30-4/h8-11,14-15H,6-7,12-13,16-17H2,1-5H3,(H2,25,26,27). The molecular formula is C24H35N3O5. The first kappa shape index (κ1) is 25.1. The zero-order valence-corrected chi connectivity index (χ0v) is 19.7. The van der Waals surface area contributed by atoms with E-state index in [-0.39, 0.29) is 0 Å². The average molecular weight is 446 g/mol. The molecule has 8 heteroatoms. The summed E-state index contributed by atoms with van der Waals surface area (Å²) in [4.78, 5) is 4.74. The molecule has 176 valence electrons. The Morgan fingerprint density at radius 3 is 2.09 bits per heavy atom. The normalized spacial score (nSPS) is 11.1. The van der Waals surface area contributed by atoms with Crippen molar-refractivity contribution in [1.29, 1.82) is 0 Å². The first-order chi connectivity index (χ1) is 15.6. The molecule has 0 bridgehead atoms. The number of ether oxygens (including phenoxy) is 5. The van der Waals surface area contributed by atoms with Crippen LogP contribution in [0.1, 0.15) is 24.5 Å². The number of rotatable bonds is 13. The van der Waals surface area contributed by atoms with Gasteiger partial charge in [0, 0.05) is 26.3 Å². The second-order valence-corrected chi connectivity index (χ2v) is 6.88. The van der Waals surface area contributed by atoms with Crippen LogP contribution in [-0.2, 0) is 17.8 Å². The van der Waals surface area contributed by atoms with Crippen LogP contribution in [0.25, 0.3) is 0 Å². The van der Waals surface area contributed by atoms with Gasteiger partial charge in [-0.2, -0.15) is 0 Å². The van der Waals surface area contributed by atoms with Crippen LogP contribution in [0.3, 0.4) is 0 Å². The van der Waals surface area contributed by atoms with Crippen LogP contribution in [0.2, 0.25) is 0 Å². The number of hydrogen-bond donors (Lipinski definition) is 2. The van der Waals surface area contributed by atoms with E-state index in [2.05, 4.69) is 10.6 Å². The third-order valence-corrected chi connectivity index (χ3v) is 4.73. The van der Waals surface area contributed by atoms with Gasteiger partial charge in [-0.05, 0) is 48.7 Å². The summed E-state index contributed by atoms with van der Waals surface area (Å²) in [7, 11) is 6.46. The van der Waals surface area contributed by atoms with Gasteiger partial charge in [0.05, 0.1) is 35.0 Å². The van der Waals surface area contributed by atoms with Crippen molar-refractivity contribution in [2.24, 2.45) is 4.99 Å². The number of aliphatic imine (C=N–C) groups is 1. The summed E-state index contributed by atoms with van der Waals surface area (Å²) in [5.74, 6) is 3.32. The molecular weight excluding hydrogens is 410 g/mol. The van der Waals surface area contributed by atoms with Crippen molar-refractivity contribution >= 4 is 5.96 Å². The van der Waals surface area contributed by atoms with E-state index in [1.54, 1.807) is 28.4 Å². The molecule has 2 N–H and O–H groups in total. The molecule has 0 amide bonds. The smallest absolute Gasteiger partial charge is 0.203 e. The van der Waals surface area contributed by atoms with Gasteiger partial charge in [0.25, 0.3) is 0 Å². The van der Waals surface area contributed by atoms with E-state index in [0.29, 0.717) is 42.9 Å². The van der Waals surface area contributed by atoms with Gasteiger partial charge in [-0.3, -0.25) is 0 Å². The number of guanidine groups is 1. The van der Waals surface area contributed by atoms with E-state index in [4.69, 9.17) is 28.7 Å². The maximum atomic E-state index is 5.44. The summed E-state index contributed by atoms with van der Waals surface area (Å²) >= 11 is 0. The molecule has 0 heterocycles. The Kier molecular flexibility index (Phi) is 11.0. The predicted octanol–water partition coefficient (Wildman–Crippen LogP) is 3.38. The minimum Gasteiger partial charge on any atom is -0.497 e. The van der Waals surface area contributed by atoms with Crippen LogP contribution < -0.4 is 29.6 Å². The first-order valence-corrected chi connectivity index (χ1v) is 10.7. The Morgan fingerprint density at radius 2 is 1.53 bits per heavy atom. The molecule has 2 aromatic rings. The van der Waals surface area contributed by atoms with Crippen molar-refractivity contribution < 1.29 is 23.7 Å². The highest BCUT2D eigenvalue weighted by molar-refractivity contribution is 5.79. The molecule has 2 rings (SSSR count). The summed E-state index contributed by atoms with van der Waals surface area (Å²) in [6, 6.07) is 11.7. The molecule has 32 heavy (non-hydrogen) atoms. The topological polar surface area (TPSA) is 82.6 Å². The van der Waals surface area contributed by atoms with Gasteiger partial charge in [-0.25, -0.2) is 4.99 Å². The first-order valence-electron chi connectivity index (χ1n) is 10.7. The highest BCUT2D eigenvalue weighted by Crippen LogP contribution is 2.38. The van der Waals surface area contributed by atoms with Gasteiger partial charge in [0.2, 0.25) is 5.75 Å². The third-order valence-electron chi connectivity index (χ3n) is 4.73. The number of benzene rings is 2. The zero-order chi connectivity index (χ0) is 23.2. The molecule has 0 spiro atoms. The minimum atomic E-state index is 0.445. The van der Waals surface area contributed by atoms with Crippen LogP contribution in [0.4, 0.5) is 0 Å². The van der Waals surface area contributed by atoms with Gasteiger partial charge in [0.1, 0.15) is 5.75 Å². The SMILES string of the molecule is CCOCCCNC(=NCc1cc(OC)c(OC)c(OC)c1)NCc1ccc(OC)cc1. The van der Waals surface area contributed by atoms with Gasteiger partial charge < -0.3 is 34.3 Å². The number of nitrogens with one attached hydrogen (secondary N) is 2. The maximum Gasteiger partial charge on any atom is 0.203 e. The molecule has 0 radical (unpaired) electrons. The molecule has 0 aliphatic carbocycles. The van der Waals surface area contributed by atoms with Gasteiger partial charge >= 0.3 is 0 Å².